The Kier molecular flexibility index (Phi) is 8.42. The highest BCUT2D eigenvalue weighted by molar-refractivity contribution is 7.89. The summed E-state index contributed by atoms with van der Waals surface area (Å²) in [5.74, 6) is -0.709. The Hall–Kier alpha value is -3.22. The molecule has 1 unspecified atom stereocenters. The van der Waals surface area contributed by atoms with E-state index in [-0.39, 0.29) is 29.7 Å². The van der Waals surface area contributed by atoms with Crippen molar-refractivity contribution in [2.45, 2.75) is 55.5 Å². The molecule has 0 spiro atoms. The Morgan fingerprint density at radius 3 is 2.24 bits per heavy atom. The lowest BCUT2D eigenvalue weighted by molar-refractivity contribution is -0.139. The third-order valence-electron chi connectivity index (χ3n) is 6.15. The zero-order chi connectivity index (χ0) is 24.7. The lowest BCUT2D eigenvalue weighted by Gasteiger charge is -2.29. The first-order valence-corrected chi connectivity index (χ1v) is 12.7. The van der Waals surface area contributed by atoms with Crippen molar-refractivity contribution in [1.82, 2.24) is 9.62 Å². The quantitative estimate of drug-likeness (QED) is 0.548. The highest BCUT2D eigenvalue weighted by Gasteiger charge is 2.32. The maximum atomic E-state index is 13.4. The second-order valence-corrected chi connectivity index (χ2v) is 10.2. The number of sulfonamides is 1. The van der Waals surface area contributed by atoms with Crippen LogP contribution in [0.4, 0.5) is 0 Å². The van der Waals surface area contributed by atoms with Crippen LogP contribution >= 0.6 is 0 Å². The van der Waals surface area contributed by atoms with E-state index in [1.54, 1.807) is 48.3 Å². The number of methoxy groups -OCH3 is 1. The highest BCUT2D eigenvalue weighted by atomic mass is 32.2. The molecule has 1 atom stereocenters. The molecule has 0 aromatic heterocycles. The third kappa shape index (κ3) is 6.43. The van der Waals surface area contributed by atoms with Gasteiger partial charge < -0.3 is 9.64 Å². The van der Waals surface area contributed by atoms with Gasteiger partial charge in [-0.3, -0.25) is 9.59 Å². The number of hydrogen-bond donors (Lipinski definition) is 1. The number of amides is 1. The zero-order valence-electron chi connectivity index (χ0n) is 19.4. The maximum absolute atomic E-state index is 13.4. The van der Waals surface area contributed by atoms with Crippen molar-refractivity contribution in [3.05, 3.63) is 65.2 Å². The fourth-order valence-electron chi connectivity index (χ4n) is 4.13. The first-order chi connectivity index (χ1) is 16.2. The Labute approximate surface area is 200 Å². The van der Waals surface area contributed by atoms with Crippen molar-refractivity contribution in [1.29, 1.82) is 5.26 Å². The summed E-state index contributed by atoms with van der Waals surface area (Å²) in [5, 5.41) is 9.03. The molecule has 1 aliphatic rings. The smallest absolute Gasteiger partial charge is 0.309 e. The molecular formula is C25H29N3O5S. The number of benzene rings is 2. The fraction of sp³-hybridized carbons (Fsp3) is 0.400. The monoisotopic (exact) mass is 483 g/mol. The minimum Gasteiger partial charge on any atom is -0.469 e. The SMILES string of the molecule is COC(=O)Cc1ccc(S(=O)(=O)NC(Cc2ccc(C#N)cc2)C(=O)N(C)C2CCCC2)cc1. The summed E-state index contributed by atoms with van der Waals surface area (Å²) in [4.78, 5) is 26.5. The van der Waals surface area contributed by atoms with E-state index in [1.165, 1.54) is 19.2 Å². The molecule has 8 nitrogen and oxygen atoms in total. The van der Waals surface area contributed by atoms with Crippen molar-refractivity contribution >= 4 is 21.9 Å². The van der Waals surface area contributed by atoms with Gasteiger partial charge in [0.2, 0.25) is 15.9 Å². The van der Waals surface area contributed by atoms with Crippen LogP contribution < -0.4 is 4.72 Å². The van der Waals surface area contributed by atoms with Gasteiger partial charge in [-0.25, -0.2) is 8.42 Å². The first-order valence-electron chi connectivity index (χ1n) is 11.2. The van der Waals surface area contributed by atoms with Crippen LogP contribution in [-0.4, -0.2) is 51.4 Å². The number of likely N-dealkylation sites (N-methyl/N-ethyl adjacent to an activating group) is 1. The Balaban J connectivity index is 1.83. The van der Waals surface area contributed by atoms with Gasteiger partial charge in [0.15, 0.2) is 0 Å². The van der Waals surface area contributed by atoms with Crippen LogP contribution in [-0.2, 0) is 37.2 Å². The van der Waals surface area contributed by atoms with Gasteiger partial charge in [-0.05, 0) is 54.7 Å². The van der Waals surface area contributed by atoms with Gasteiger partial charge in [-0.2, -0.15) is 9.98 Å². The van der Waals surface area contributed by atoms with Crippen molar-refractivity contribution in [2.24, 2.45) is 0 Å². The molecule has 0 bridgehead atoms. The topological polar surface area (TPSA) is 117 Å². The molecule has 0 heterocycles. The Morgan fingerprint density at radius 2 is 1.68 bits per heavy atom. The molecule has 1 aliphatic carbocycles. The second-order valence-electron chi connectivity index (χ2n) is 8.47. The fourth-order valence-corrected chi connectivity index (χ4v) is 5.32. The van der Waals surface area contributed by atoms with Crippen LogP contribution in [0.1, 0.15) is 42.4 Å². The van der Waals surface area contributed by atoms with Crippen LogP contribution in [0.3, 0.4) is 0 Å². The number of carbonyl (C=O) groups is 2. The van der Waals surface area contributed by atoms with Crippen LogP contribution in [0.5, 0.6) is 0 Å². The summed E-state index contributed by atoms with van der Waals surface area (Å²) in [6.45, 7) is 0. The Morgan fingerprint density at radius 1 is 1.09 bits per heavy atom. The van der Waals surface area contributed by atoms with E-state index in [2.05, 4.69) is 9.46 Å². The standard InChI is InChI=1S/C25H29N3O5S/c1-28(21-5-3-4-6-21)25(30)23(15-18-7-9-20(17-26)10-8-18)27-34(31,32)22-13-11-19(12-14-22)16-24(29)33-2/h7-14,21,23,27H,3-6,15-16H2,1-2H3. The molecular weight excluding hydrogens is 454 g/mol. The molecule has 34 heavy (non-hydrogen) atoms. The summed E-state index contributed by atoms with van der Waals surface area (Å²) in [5.41, 5.74) is 1.85. The minimum absolute atomic E-state index is 0.00210. The first kappa shape index (κ1) is 25.4. The maximum Gasteiger partial charge on any atom is 0.309 e. The number of ether oxygens (including phenoxy) is 1. The molecule has 0 aliphatic heterocycles. The average Bonchev–Trinajstić information content (AvgIpc) is 3.38. The van der Waals surface area contributed by atoms with Crippen molar-refractivity contribution in [2.75, 3.05) is 14.2 Å². The van der Waals surface area contributed by atoms with Gasteiger partial charge in [-0.15, -0.1) is 0 Å². The zero-order valence-corrected chi connectivity index (χ0v) is 20.2. The molecule has 1 saturated carbocycles. The third-order valence-corrected chi connectivity index (χ3v) is 7.64. The van der Waals surface area contributed by atoms with Gasteiger partial charge in [0, 0.05) is 13.1 Å². The lowest BCUT2D eigenvalue weighted by atomic mass is 10.0. The normalized spacial score (nSPS) is 14.9. The summed E-state index contributed by atoms with van der Waals surface area (Å²) in [6.07, 6.45) is 4.09. The minimum atomic E-state index is -4.01. The predicted octanol–water partition coefficient (Wildman–Crippen LogP) is 2.56. The summed E-state index contributed by atoms with van der Waals surface area (Å²) in [7, 11) is -0.999. The van der Waals surface area contributed by atoms with E-state index < -0.39 is 22.0 Å². The average molecular weight is 484 g/mol. The lowest BCUT2D eigenvalue weighted by Crippen LogP contribution is -2.50. The van der Waals surface area contributed by atoms with Gasteiger partial charge in [0.25, 0.3) is 0 Å². The van der Waals surface area contributed by atoms with Gasteiger partial charge >= 0.3 is 5.97 Å². The number of nitrogens with zero attached hydrogens (tertiary/aromatic N) is 2. The molecule has 1 fully saturated rings. The molecule has 2 aromatic carbocycles. The van der Waals surface area contributed by atoms with E-state index >= 15 is 0 Å². The van der Waals surface area contributed by atoms with E-state index in [1.807, 2.05) is 6.07 Å². The van der Waals surface area contributed by atoms with Gasteiger partial charge in [0.1, 0.15) is 6.04 Å². The van der Waals surface area contributed by atoms with Crippen LogP contribution in [0.25, 0.3) is 0 Å². The molecule has 0 radical (unpaired) electrons. The summed E-state index contributed by atoms with van der Waals surface area (Å²) >= 11 is 0. The largest absolute Gasteiger partial charge is 0.469 e. The van der Waals surface area contributed by atoms with E-state index in [4.69, 9.17) is 5.26 Å². The summed E-state index contributed by atoms with van der Waals surface area (Å²) < 4.78 is 33.5. The number of nitrogens with one attached hydrogen (secondary N) is 1. The van der Waals surface area contributed by atoms with Gasteiger partial charge in [0.05, 0.1) is 30.1 Å². The molecule has 2 aromatic rings. The second kappa shape index (κ2) is 11.3. The molecule has 9 heteroatoms. The molecule has 180 valence electrons. The number of rotatable bonds is 9. The highest BCUT2D eigenvalue weighted by Crippen LogP contribution is 2.24. The molecule has 3 rings (SSSR count). The van der Waals surface area contributed by atoms with E-state index in [9.17, 15) is 18.0 Å². The summed E-state index contributed by atoms with van der Waals surface area (Å²) in [6, 6.07) is 13.8. The Bertz CT molecular complexity index is 1150. The van der Waals surface area contributed by atoms with Crippen LogP contribution in [0.15, 0.2) is 53.4 Å². The number of carbonyl (C=O) groups excluding carboxylic acids is 2. The molecule has 0 saturated heterocycles. The number of nitriles is 1. The molecule has 1 N–H and O–H groups in total. The van der Waals surface area contributed by atoms with Crippen molar-refractivity contribution in [3.8, 4) is 6.07 Å². The number of hydrogen-bond acceptors (Lipinski definition) is 6. The predicted molar refractivity (Wildman–Crippen MR) is 126 cm³/mol. The van der Waals surface area contributed by atoms with Crippen molar-refractivity contribution < 1.29 is 22.7 Å². The number of esters is 1. The van der Waals surface area contributed by atoms with Crippen LogP contribution in [0, 0.1) is 11.3 Å². The van der Waals surface area contributed by atoms with E-state index in [0.717, 1.165) is 31.2 Å². The molecule has 1 amide bonds. The van der Waals surface area contributed by atoms with Gasteiger partial charge in [-0.1, -0.05) is 37.1 Å². The van der Waals surface area contributed by atoms with Crippen molar-refractivity contribution in [3.63, 3.8) is 0 Å². The van der Waals surface area contributed by atoms with Crippen LogP contribution in [0.2, 0.25) is 0 Å². The van der Waals surface area contributed by atoms with E-state index in [0.29, 0.717) is 11.1 Å².